The lowest BCUT2D eigenvalue weighted by molar-refractivity contribution is 0.0696. The van der Waals surface area contributed by atoms with E-state index in [1.165, 1.54) is 5.56 Å². The fourth-order valence-corrected chi connectivity index (χ4v) is 3.29. The van der Waals surface area contributed by atoms with E-state index in [1.807, 2.05) is 24.3 Å². The van der Waals surface area contributed by atoms with Gasteiger partial charge in [-0.05, 0) is 54.9 Å². The van der Waals surface area contributed by atoms with Gasteiger partial charge in [-0.1, -0.05) is 12.1 Å². The van der Waals surface area contributed by atoms with Gasteiger partial charge in [0.25, 0.3) is 0 Å². The van der Waals surface area contributed by atoms with E-state index in [4.69, 9.17) is 14.6 Å². The number of ether oxygens (including phenoxy) is 2. The summed E-state index contributed by atoms with van der Waals surface area (Å²) >= 11 is 0. The molecule has 1 aliphatic heterocycles. The van der Waals surface area contributed by atoms with Gasteiger partial charge in [-0.15, -0.1) is 0 Å². The minimum Gasteiger partial charge on any atom is -0.497 e. The summed E-state index contributed by atoms with van der Waals surface area (Å²) in [5, 5.41) is 12.6. The highest BCUT2D eigenvalue weighted by molar-refractivity contribution is 5.88. The number of benzene rings is 2. The molecule has 2 aromatic carbocycles. The zero-order valence-corrected chi connectivity index (χ0v) is 15.6. The Labute approximate surface area is 159 Å². The van der Waals surface area contributed by atoms with E-state index in [0.29, 0.717) is 18.8 Å². The van der Waals surface area contributed by atoms with Gasteiger partial charge in [-0.3, -0.25) is 0 Å². The molecule has 0 aromatic heterocycles. The predicted octanol–water partition coefficient (Wildman–Crippen LogP) is 2.43. The maximum Gasteiger partial charge on any atom is 0.335 e. The van der Waals surface area contributed by atoms with Crippen molar-refractivity contribution in [2.75, 3.05) is 44.9 Å². The van der Waals surface area contributed by atoms with Crippen molar-refractivity contribution in [2.24, 2.45) is 0 Å². The number of carboxylic acid groups (broad SMARTS) is 1. The Kier molecular flexibility index (Phi) is 6.68. The third-order valence-corrected chi connectivity index (χ3v) is 4.78. The molecular weight excluding hydrogens is 344 g/mol. The first-order valence-electron chi connectivity index (χ1n) is 9.19. The quantitative estimate of drug-likeness (QED) is 0.696. The number of nitrogens with zero attached hydrogens (tertiary/aromatic N) is 1. The minimum atomic E-state index is -0.903. The number of anilines is 1. The maximum absolute atomic E-state index is 11.0. The third-order valence-electron chi connectivity index (χ3n) is 4.78. The summed E-state index contributed by atoms with van der Waals surface area (Å²) in [5.41, 5.74) is 2.57. The number of hydrogen-bond donors (Lipinski definition) is 2. The summed E-state index contributed by atoms with van der Waals surface area (Å²) in [6, 6.07) is 15.4. The SMILES string of the molecule is COc1cccc(CCNCC2COCCN2c2ccc(C(=O)O)cc2)c1. The van der Waals surface area contributed by atoms with Crippen molar-refractivity contribution in [3.63, 3.8) is 0 Å². The molecule has 144 valence electrons. The van der Waals surface area contributed by atoms with E-state index in [0.717, 1.165) is 37.5 Å². The van der Waals surface area contributed by atoms with Gasteiger partial charge in [0.1, 0.15) is 5.75 Å². The fourth-order valence-electron chi connectivity index (χ4n) is 3.29. The Morgan fingerprint density at radius 3 is 2.85 bits per heavy atom. The zero-order valence-electron chi connectivity index (χ0n) is 15.6. The molecule has 1 atom stereocenters. The molecule has 1 heterocycles. The number of morpholine rings is 1. The average Bonchev–Trinajstić information content (AvgIpc) is 2.72. The maximum atomic E-state index is 11.0. The van der Waals surface area contributed by atoms with Crippen LogP contribution in [0.1, 0.15) is 15.9 Å². The van der Waals surface area contributed by atoms with Gasteiger partial charge in [0, 0.05) is 18.8 Å². The summed E-state index contributed by atoms with van der Waals surface area (Å²) in [6.07, 6.45) is 0.929. The molecule has 1 fully saturated rings. The summed E-state index contributed by atoms with van der Waals surface area (Å²) in [7, 11) is 1.68. The topological polar surface area (TPSA) is 71.0 Å². The Morgan fingerprint density at radius 2 is 2.11 bits per heavy atom. The van der Waals surface area contributed by atoms with Crippen molar-refractivity contribution in [2.45, 2.75) is 12.5 Å². The first-order valence-corrected chi connectivity index (χ1v) is 9.19. The van der Waals surface area contributed by atoms with E-state index in [2.05, 4.69) is 22.3 Å². The van der Waals surface area contributed by atoms with Crippen molar-refractivity contribution in [3.8, 4) is 5.75 Å². The Balaban J connectivity index is 1.53. The molecule has 2 N–H and O–H groups in total. The number of hydrogen-bond acceptors (Lipinski definition) is 5. The first-order chi connectivity index (χ1) is 13.2. The molecular formula is C21H26N2O4. The lowest BCUT2D eigenvalue weighted by Crippen LogP contribution is -2.50. The highest BCUT2D eigenvalue weighted by Crippen LogP contribution is 2.20. The second kappa shape index (κ2) is 9.39. The number of methoxy groups -OCH3 is 1. The van der Waals surface area contributed by atoms with Crippen molar-refractivity contribution in [1.82, 2.24) is 5.32 Å². The van der Waals surface area contributed by atoms with Crippen LogP contribution >= 0.6 is 0 Å². The van der Waals surface area contributed by atoms with Crippen LogP contribution in [-0.4, -0.2) is 57.1 Å². The molecule has 1 unspecified atom stereocenters. The second-order valence-electron chi connectivity index (χ2n) is 6.58. The second-order valence-corrected chi connectivity index (χ2v) is 6.58. The van der Waals surface area contributed by atoms with Crippen LogP contribution in [0.25, 0.3) is 0 Å². The predicted molar refractivity (Wildman–Crippen MR) is 105 cm³/mol. The van der Waals surface area contributed by atoms with Crippen molar-refractivity contribution < 1.29 is 19.4 Å². The molecule has 0 spiro atoms. The summed E-state index contributed by atoms with van der Waals surface area (Å²) in [6.45, 7) is 3.82. The van der Waals surface area contributed by atoms with Gasteiger partial charge >= 0.3 is 5.97 Å². The molecule has 6 nitrogen and oxygen atoms in total. The normalized spacial score (nSPS) is 16.9. The summed E-state index contributed by atoms with van der Waals surface area (Å²) in [5.74, 6) is -0.0246. The van der Waals surface area contributed by atoms with Gasteiger partial charge in [-0.2, -0.15) is 0 Å². The molecule has 1 aliphatic rings. The average molecular weight is 370 g/mol. The van der Waals surface area contributed by atoms with E-state index in [9.17, 15) is 4.79 Å². The molecule has 0 bridgehead atoms. The first kappa shape index (κ1) is 19.2. The van der Waals surface area contributed by atoms with Gasteiger partial charge in [0.2, 0.25) is 0 Å². The lowest BCUT2D eigenvalue weighted by atomic mass is 10.1. The molecule has 0 aliphatic carbocycles. The van der Waals surface area contributed by atoms with Crippen LogP contribution in [0.5, 0.6) is 5.75 Å². The van der Waals surface area contributed by atoms with Crippen LogP contribution in [0.15, 0.2) is 48.5 Å². The minimum absolute atomic E-state index is 0.222. The van der Waals surface area contributed by atoms with Crippen LogP contribution in [0.3, 0.4) is 0 Å². The molecule has 0 amide bonds. The third kappa shape index (κ3) is 5.21. The Bertz CT molecular complexity index is 748. The molecule has 0 saturated carbocycles. The van der Waals surface area contributed by atoms with E-state index in [-0.39, 0.29) is 6.04 Å². The van der Waals surface area contributed by atoms with Crippen molar-refractivity contribution in [1.29, 1.82) is 0 Å². The molecule has 3 rings (SSSR count). The van der Waals surface area contributed by atoms with Crippen LogP contribution in [0.2, 0.25) is 0 Å². The summed E-state index contributed by atoms with van der Waals surface area (Å²) in [4.78, 5) is 13.3. The van der Waals surface area contributed by atoms with E-state index >= 15 is 0 Å². The van der Waals surface area contributed by atoms with Gasteiger partial charge < -0.3 is 24.8 Å². The largest absolute Gasteiger partial charge is 0.497 e. The van der Waals surface area contributed by atoms with Crippen LogP contribution in [-0.2, 0) is 11.2 Å². The lowest BCUT2D eigenvalue weighted by Gasteiger charge is -2.37. The molecule has 0 radical (unpaired) electrons. The summed E-state index contributed by atoms with van der Waals surface area (Å²) < 4.78 is 10.9. The molecule has 27 heavy (non-hydrogen) atoms. The smallest absolute Gasteiger partial charge is 0.335 e. The Morgan fingerprint density at radius 1 is 1.30 bits per heavy atom. The molecule has 6 heteroatoms. The highest BCUT2D eigenvalue weighted by Gasteiger charge is 2.23. The van der Waals surface area contributed by atoms with Crippen LogP contribution in [0.4, 0.5) is 5.69 Å². The Hall–Kier alpha value is -2.57. The van der Waals surface area contributed by atoms with Crippen molar-refractivity contribution >= 4 is 11.7 Å². The monoisotopic (exact) mass is 370 g/mol. The number of carboxylic acids is 1. The molecule has 1 saturated heterocycles. The van der Waals surface area contributed by atoms with Gasteiger partial charge in [-0.25, -0.2) is 4.79 Å². The van der Waals surface area contributed by atoms with Crippen LogP contribution < -0.4 is 15.0 Å². The number of carbonyl (C=O) groups is 1. The standard InChI is InChI=1S/C21H26N2O4/c1-26-20-4-2-3-16(13-20)9-10-22-14-19-15-27-12-11-23(19)18-7-5-17(6-8-18)21(24)25/h2-8,13,19,22H,9-12,14-15H2,1H3,(H,24,25). The van der Waals surface area contributed by atoms with Gasteiger partial charge in [0.15, 0.2) is 0 Å². The number of nitrogens with one attached hydrogen (secondary N) is 1. The highest BCUT2D eigenvalue weighted by atomic mass is 16.5. The number of aromatic carboxylic acids is 1. The number of rotatable bonds is 8. The van der Waals surface area contributed by atoms with Gasteiger partial charge in [0.05, 0.1) is 31.9 Å². The van der Waals surface area contributed by atoms with E-state index in [1.54, 1.807) is 19.2 Å². The van der Waals surface area contributed by atoms with Crippen LogP contribution in [0, 0.1) is 0 Å². The molecule has 2 aromatic rings. The zero-order chi connectivity index (χ0) is 19.1. The fraction of sp³-hybridized carbons (Fsp3) is 0.381. The van der Waals surface area contributed by atoms with E-state index < -0.39 is 5.97 Å². The van der Waals surface area contributed by atoms with Crippen molar-refractivity contribution in [3.05, 3.63) is 59.7 Å².